The second kappa shape index (κ2) is 13.6. The van der Waals surface area contributed by atoms with Crippen LogP contribution in [0.2, 0.25) is 0 Å². The number of carbonyl (C=O) groups excluding carboxylic acids is 1. The van der Waals surface area contributed by atoms with Gasteiger partial charge >= 0.3 is 12.2 Å². The summed E-state index contributed by atoms with van der Waals surface area (Å²) in [5.74, 6) is -0.742. The molecule has 0 atom stereocenters. The molecule has 1 heterocycles. The molecule has 0 spiro atoms. The molecule has 0 saturated carbocycles. The lowest BCUT2D eigenvalue weighted by atomic mass is 10.2. The Morgan fingerprint density at radius 3 is 2.30 bits per heavy atom. The summed E-state index contributed by atoms with van der Waals surface area (Å²) < 4.78 is 73.8. The molecule has 1 amide bonds. The maximum Gasteiger partial charge on any atom is 0.422 e. The van der Waals surface area contributed by atoms with Crippen molar-refractivity contribution in [1.29, 1.82) is 0 Å². The molecule has 0 aliphatic rings. The van der Waals surface area contributed by atoms with Crippen LogP contribution < -0.4 is 24.8 Å². The number of rotatable bonds is 14. The number of alkyl halides is 3. The fraction of sp³-hybridized carbons (Fsp3) is 0.280. The normalized spacial score (nSPS) is 11.4. The quantitative estimate of drug-likeness (QED) is 0.237. The number of halogens is 3. The number of aromatic nitrogens is 3. The van der Waals surface area contributed by atoms with Crippen molar-refractivity contribution in [2.24, 2.45) is 0 Å². The Morgan fingerprint density at radius 1 is 1.00 bits per heavy atom. The zero-order chi connectivity index (χ0) is 29.2. The number of nitrogens with zero attached hydrogens (tertiary/aromatic N) is 3. The fourth-order valence-corrected chi connectivity index (χ4v) is 3.83. The summed E-state index contributed by atoms with van der Waals surface area (Å²) in [6.07, 6.45) is -2.59. The van der Waals surface area contributed by atoms with E-state index in [0.29, 0.717) is 18.0 Å². The van der Waals surface area contributed by atoms with Crippen LogP contribution in [0.3, 0.4) is 0 Å². The van der Waals surface area contributed by atoms with Crippen molar-refractivity contribution in [3.8, 4) is 11.8 Å². The largest absolute Gasteiger partial charge is 0.494 e. The first-order chi connectivity index (χ1) is 19.0. The first-order valence-electron chi connectivity index (χ1n) is 11.9. The summed E-state index contributed by atoms with van der Waals surface area (Å²) in [5.41, 5.74) is 1.24. The minimum atomic E-state index is -4.61. The van der Waals surface area contributed by atoms with Gasteiger partial charge in [-0.25, -0.2) is 13.1 Å². The molecule has 214 valence electrons. The molecule has 0 radical (unpaired) electrons. The highest BCUT2D eigenvalue weighted by Gasteiger charge is 2.29. The van der Waals surface area contributed by atoms with Crippen molar-refractivity contribution in [3.63, 3.8) is 0 Å². The van der Waals surface area contributed by atoms with Gasteiger partial charge in [0, 0.05) is 17.8 Å². The first-order valence-corrected chi connectivity index (χ1v) is 13.6. The number of sulfonamides is 1. The Labute approximate surface area is 228 Å². The van der Waals surface area contributed by atoms with Crippen LogP contribution in [0, 0.1) is 0 Å². The predicted molar refractivity (Wildman–Crippen MR) is 142 cm³/mol. The lowest BCUT2D eigenvalue weighted by molar-refractivity contribution is -0.154. The number of hydrogen-bond acceptors (Lipinski definition) is 10. The van der Waals surface area contributed by atoms with Gasteiger partial charge in [-0.3, -0.25) is 4.79 Å². The van der Waals surface area contributed by atoms with Gasteiger partial charge in [0.05, 0.1) is 12.4 Å². The van der Waals surface area contributed by atoms with Crippen LogP contribution >= 0.6 is 0 Å². The molecule has 0 saturated heterocycles. The van der Waals surface area contributed by atoms with Gasteiger partial charge in [-0.2, -0.15) is 28.1 Å². The average molecular weight is 581 g/mol. The Bertz CT molecular complexity index is 1400. The van der Waals surface area contributed by atoms with E-state index in [4.69, 9.17) is 9.47 Å². The molecule has 0 aliphatic carbocycles. The van der Waals surface area contributed by atoms with Gasteiger partial charge in [0.25, 0.3) is 5.91 Å². The van der Waals surface area contributed by atoms with Gasteiger partial charge in [0.1, 0.15) is 5.75 Å². The molecule has 0 fully saturated rings. The third-order valence-corrected chi connectivity index (χ3v) is 5.99. The smallest absolute Gasteiger partial charge is 0.422 e. The van der Waals surface area contributed by atoms with Gasteiger partial charge in [-0.15, -0.1) is 6.58 Å². The molecular formula is C25H27F3N6O5S. The van der Waals surface area contributed by atoms with Crippen LogP contribution in [0.4, 0.5) is 30.8 Å². The van der Waals surface area contributed by atoms with E-state index >= 15 is 0 Å². The van der Waals surface area contributed by atoms with Crippen LogP contribution in [0.1, 0.15) is 29.3 Å². The fourth-order valence-electron chi connectivity index (χ4n) is 3.04. The van der Waals surface area contributed by atoms with Crippen LogP contribution in [0.15, 0.2) is 61.2 Å². The van der Waals surface area contributed by atoms with E-state index in [-0.39, 0.29) is 24.0 Å². The molecule has 0 aliphatic heterocycles. The number of anilines is 3. The van der Waals surface area contributed by atoms with E-state index in [1.807, 2.05) is 23.8 Å². The van der Waals surface area contributed by atoms with Crippen LogP contribution in [0.25, 0.3) is 0 Å². The highest BCUT2D eigenvalue weighted by atomic mass is 32.2. The van der Waals surface area contributed by atoms with Crippen molar-refractivity contribution in [3.05, 3.63) is 72.3 Å². The van der Waals surface area contributed by atoms with Gasteiger partial charge in [0.2, 0.25) is 21.9 Å². The topological polar surface area (TPSA) is 144 Å². The highest BCUT2D eigenvalue weighted by molar-refractivity contribution is 7.90. The molecule has 3 rings (SSSR count). The first kappa shape index (κ1) is 30.1. The Hall–Kier alpha value is -4.40. The minimum Gasteiger partial charge on any atom is -0.494 e. The maximum atomic E-state index is 12.7. The zero-order valence-corrected chi connectivity index (χ0v) is 22.2. The summed E-state index contributed by atoms with van der Waals surface area (Å²) in [4.78, 5) is 24.1. The summed E-state index contributed by atoms with van der Waals surface area (Å²) in [6, 6.07) is 12.2. The second-order valence-electron chi connectivity index (χ2n) is 8.22. The van der Waals surface area contributed by atoms with Crippen molar-refractivity contribution in [2.45, 2.75) is 26.1 Å². The molecule has 0 unspecified atom stereocenters. The van der Waals surface area contributed by atoms with Crippen LogP contribution in [0.5, 0.6) is 11.8 Å². The van der Waals surface area contributed by atoms with E-state index in [1.54, 1.807) is 12.1 Å². The van der Waals surface area contributed by atoms with Crippen molar-refractivity contribution in [2.75, 3.05) is 29.6 Å². The van der Waals surface area contributed by atoms with E-state index in [9.17, 15) is 26.4 Å². The molecule has 40 heavy (non-hydrogen) atoms. The van der Waals surface area contributed by atoms with Crippen LogP contribution in [-0.2, 0) is 16.6 Å². The van der Waals surface area contributed by atoms with E-state index in [1.165, 1.54) is 24.3 Å². The maximum absolute atomic E-state index is 12.7. The van der Waals surface area contributed by atoms with Crippen LogP contribution in [-0.4, -0.2) is 54.4 Å². The third-order valence-electron chi connectivity index (χ3n) is 4.82. The number of hydrogen-bond donors (Lipinski definition) is 3. The SMILES string of the molecule is C=CCS(=O)(=O)NC(=O)c1ccc(Nc2nc(NCc3ccc(OCCC)cc3)nc(OCC(F)(F)F)n2)cc1. The number of carbonyl (C=O) groups is 1. The minimum absolute atomic E-state index is 0.0515. The standard InChI is InChI=1S/C25H27F3N6O5S/c1-3-13-38-20-11-5-17(6-12-20)15-29-22-31-23(33-24(32-22)39-16-25(26,27)28)30-19-9-7-18(8-10-19)21(35)34-40(36,37)14-4-2/h4-12H,2-3,13-16H2,1H3,(H,34,35)(H2,29,30,31,32,33). The second-order valence-corrected chi connectivity index (χ2v) is 9.99. The Kier molecular flexibility index (Phi) is 10.2. The van der Waals surface area contributed by atoms with E-state index < -0.39 is 40.5 Å². The lowest BCUT2D eigenvalue weighted by Gasteiger charge is -2.12. The van der Waals surface area contributed by atoms with E-state index in [2.05, 4.69) is 32.2 Å². The summed E-state index contributed by atoms with van der Waals surface area (Å²) >= 11 is 0. The molecule has 11 nitrogen and oxygen atoms in total. The number of amides is 1. The molecule has 2 aromatic carbocycles. The molecule has 15 heteroatoms. The van der Waals surface area contributed by atoms with E-state index in [0.717, 1.165) is 18.1 Å². The summed E-state index contributed by atoms with van der Waals surface area (Å²) in [5, 5.41) is 5.72. The zero-order valence-electron chi connectivity index (χ0n) is 21.4. The van der Waals surface area contributed by atoms with Crippen molar-refractivity contribution >= 4 is 33.5 Å². The molecule has 3 N–H and O–H groups in total. The molecule has 3 aromatic rings. The number of nitrogens with one attached hydrogen (secondary N) is 3. The lowest BCUT2D eigenvalue weighted by Crippen LogP contribution is -2.31. The van der Waals surface area contributed by atoms with Gasteiger partial charge in [-0.05, 0) is 48.4 Å². The predicted octanol–water partition coefficient (Wildman–Crippen LogP) is 4.20. The van der Waals surface area contributed by atoms with Gasteiger partial charge in [-0.1, -0.05) is 25.1 Å². The Balaban J connectivity index is 1.73. The molecule has 1 aromatic heterocycles. The van der Waals surface area contributed by atoms with Gasteiger partial charge < -0.3 is 20.1 Å². The Morgan fingerprint density at radius 2 is 1.68 bits per heavy atom. The summed E-state index contributed by atoms with van der Waals surface area (Å²) in [7, 11) is -3.86. The number of benzene rings is 2. The third kappa shape index (κ3) is 10.1. The van der Waals surface area contributed by atoms with Crippen molar-refractivity contribution < 1.29 is 35.9 Å². The molecular weight excluding hydrogens is 553 g/mol. The van der Waals surface area contributed by atoms with Crippen molar-refractivity contribution in [1.82, 2.24) is 19.7 Å². The highest BCUT2D eigenvalue weighted by Crippen LogP contribution is 2.21. The molecule has 0 bridgehead atoms. The monoisotopic (exact) mass is 580 g/mol. The van der Waals surface area contributed by atoms with Gasteiger partial charge in [0.15, 0.2) is 6.61 Å². The average Bonchev–Trinajstić information content (AvgIpc) is 2.90. The summed E-state index contributed by atoms with van der Waals surface area (Å²) in [6.45, 7) is 4.55. The number of ether oxygens (including phenoxy) is 2.